The molecule has 0 spiro atoms. The summed E-state index contributed by atoms with van der Waals surface area (Å²) < 4.78 is 6.01. The van der Waals surface area contributed by atoms with Crippen molar-refractivity contribution >= 4 is 31.8 Å². The molecule has 0 saturated carbocycles. The number of aromatic amines is 2. The normalized spacial score (nSPS) is 11.2. The van der Waals surface area contributed by atoms with Gasteiger partial charge in [0.15, 0.2) is 0 Å². The number of hydrogen-bond acceptors (Lipinski definition) is 5. The molecule has 0 unspecified atom stereocenters. The Morgan fingerprint density at radius 1 is 0.931 bits per heavy atom. The molecule has 0 saturated heterocycles. The van der Waals surface area contributed by atoms with Gasteiger partial charge in [0.2, 0.25) is 0 Å². The van der Waals surface area contributed by atoms with E-state index in [0.29, 0.717) is 20.8 Å². The van der Waals surface area contributed by atoms with Crippen LogP contribution in [-0.4, -0.2) is 22.1 Å². The van der Waals surface area contributed by atoms with E-state index in [0.717, 1.165) is 27.8 Å². The molecule has 0 amide bonds. The van der Waals surface area contributed by atoms with Crippen molar-refractivity contribution in [3.8, 4) is 28.1 Å². The lowest BCUT2D eigenvalue weighted by Crippen LogP contribution is -2.20. The number of aromatic nitrogens is 3. The number of H-pyrrole nitrogens is 2. The summed E-state index contributed by atoms with van der Waals surface area (Å²) in [6, 6.07) is 19.5. The average Bonchev–Trinajstić information content (AvgIpc) is 3.12. The number of nitrogens with zero attached hydrogens (tertiary/aromatic N) is 1. The van der Waals surface area contributed by atoms with E-state index >= 15 is 0 Å². The minimum absolute atomic E-state index is 0.418. The second-order valence-corrected chi connectivity index (χ2v) is 7.52. The molecule has 0 bridgehead atoms. The standard InChI is InChI=1S/C22H15N3O3S/c1-28-16-10-6-5-9-13(16)14-11-15(12-7-3-2-4-8-12)23-21-17(14)18-19(29-21)20(26)25-22(27)24-18/h2-11H,1H3,(H2,24,25,26,27). The number of benzene rings is 2. The molecule has 0 aliphatic carbocycles. The molecule has 3 aromatic heterocycles. The number of rotatable bonds is 3. The van der Waals surface area contributed by atoms with E-state index in [2.05, 4.69) is 9.97 Å². The molecule has 142 valence electrons. The lowest BCUT2D eigenvalue weighted by molar-refractivity contribution is 0.416. The highest BCUT2D eigenvalue weighted by molar-refractivity contribution is 7.25. The molecule has 2 N–H and O–H groups in total. The lowest BCUT2D eigenvalue weighted by Gasteiger charge is -2.12. The van der Waals surface area contributed by atoms with E-state index in [1.54, 1.807) is 7.11 Å². The first kappa shape index (κ1) is 17.4. The predicted octanol–water partition coefficient (Wildman–Crippen LogP) is 4.17. The zero-order chi connectivity index (χ0) is 20.0. The Hall–Kier alpha value is -3.71. The smallest absolute Gasteiger partial charge is 0.326 e. The summed E-state index contributed by atoms with van der Waals surface area (Å²) in [5.74, 6) is 0.700. The minimum Gasteiger partial charge on any atom is -0.496 e. The van der Waals surface area contributed by atoms with E-state index in [9.17, 15) is 9.59 Å². The minimum atomic E-state index is -0.541. The topological polar surface area (TPSA) is 87.8 Å². The van der Waals surface area contributed by atoms with Crippen LogP contribution in [0.2, 0.25) is 0 Å². The van der Waals surface area contributed by atoms with Gasteiger partial charge in [-0.1, -0.05) is 48.5 Å². The fraction of sp³-hybridized carbons (Fsp3) is 0.0455. The van der Waals surface area contributed by atoms with Crippen LogP contribution in [0.3, 0.4) is 0 Å². The fourth-order valence-corrected chi connectivity index (χ4v) is 4.57. The van der Waals surface area contributed by atoms with Crippen LogP contribution in [0.1, 0.15) is 0 Å². The van der Waals surface area contributed by atoms with Crippen LogP contribution >= 0.6 is 11.3 Å². The quantitative estimate of drug-likeness (QED) is 0.475. The average molecular weight is 401 g/mol. The van der Waals surface area contributed by atoms with Crippen LogP contribution in [0.5, 0.6) is 5.75 Å². The van der Waals surface area contributed by atoms with Crippen molar-refractivity contribution in [3.63, 3.8) is 0 Å². The molecule has 0 aliphatic rings. The molecule has 3 heterocycles. The van der Waals surface area contributed by atoms with Crippen molar-refractivity contribution in [2.75, 3.05) is 7.11 Å². The number of ether oxygens (including phenoxy) is 1. The number of thiophene rings is 1. The van der Waals surface area contributed by atoms with E-state index in [1.807, 2.05) is 60.7 Å². The van der Waals surface area contributed by atoms with Crippen molar-refractivity contribution < 1.29 is 4.74 Å². The SMILES string of the molecule is COc1ccccc1-c1cc(-c2ccccc2)nc2sc3c(=O)[nH]c(=O)[nH]c3c12. The van der Waals surface area contributed by atoms with Gasteiger partial charge in [0.1, 0.15) is 15.3 Å². The molecule has 0 fully saturated rings. The van der Waals surface area contributed by atoms with Crippen LogP contribution in [0.4, 0.5) is 0 Å². The largest absolute Gasteiger partial charge is 0.496 e. The third kappa shape index (κ3) is 2.83. The number of para-hydroxylation sites is 1. The molecule has 2 aromatic carbocycles. The number of methoxy groups -OCH3 is 1. The van der Waals surface area contributed by atoms with Gasteiger partial charge in [-0.25, -0.2) is 9.78 Å². The van der Waals surface area contributed by atoms with Gasteiger partial charge < -0.3 is 9.72 Å². The highest BCUT2D eigenvalue weighted by atomic mass is 32.1. The van der Waals surface area contributed by atoms with Gasteiger partial charge in [-0.15, -0.1) is 11.3 Å². The summed E-state index contributed by atoms with van der Waals surface area (Å²) in [5, 5.41) is 0.734. The van der Waals surface area contributed by atoms with Gasteiger partial charge >= 0.3 is 5.69 Å². The van der Waals surface area contributed by atoms with E-state index < -0.39 is 11.2 Å². The maximum absolute atomic E-state index is 12.4. The highest BCUT2D eigenvalue weighted by Crippen LogP contribution is 2.41. The van der Waals surface area contributed by atoms with Crippen molar-refractivity contribution in [1.82, 2.24) is 15.0 Å². The molecule has 5 aromatic rings. The van der Waals surface area contributed by atoms with Gasteiger partial charge in [-0.2, -0.15) is 0 Å². The molecular formula is C22H15N3O3S. The Labute approximate surface area is 168 Å². The number of hydrogen-bond donors (Lipinski definition) is 2. The molecule has 6 nitrogen and oxygen atoms in total. The van der Waals surface area contributed by atoms with Gasteiger partial charge in [-0.3, -0.25) is 9.78 Å². The molecule has 7 heteroatoms. The van der Waals surface area contributed by atoms with Gasteiger partial charge in [0, 0.05) is 16.5 Å². The second-order valence-electron chi connectivity index (χ2n) is 6.52. The summed E-state index contributed by atoms with van der Waals surface area (Å²) in [4.78, 5) is 34.9. The maximum Gasteiger partial charge on any atom is 0.326 e. The first-order valence-corrected chi connectivity index (χ1v) is 9.76. The van der Waals surface area contributed by atoms with E-state index in [4.69, 9.17) is 9.72 Å². The zero-order valence-electron chi connectivity index (χ0n) is 15.4. The monoisotopic (exact) mass is 401 g/mol. The Morgan fingerprint density at radius 2 is 1.69 bits per heavy atom. The Kier molecular flexibility index (Phi) is 4.03. The lowest BCUT2D eigenvalue weighted by atomic mass is 9.99. The van der Waals surface area contributed by atoms with Gasteiger partial charge in [0.25, 0.3) is 5.56 Å². The predicted molar refractivity (Wildman–Crippen MR) is 116 cm³/mol. The Bertz CT molecular complexity index is 1480. The van der Waals surface area contributed by atoms with Crippen molar-refractivity contribution in [2.45, 2.75) is 0 Å². The van der Waals surface area contributed by atoms with Gasteiger partial charge in [-0.05, 0) is 17.7 Å². The van der Waals surface area contributed by atoms with Crippen LogP contribution in [0.15, 0.2) is 70.3 Å². The zero-order valence-corrected chi connectivity index (χ0v) is 16.2. The van der Waals surface area contributed by atoms with Crippen LogP contribution < -0.4 is 16.0 Å². The Balaban J connectivity index is 1.97. The second kappa shape index (κ2) is 6.72. The van der Waals surface area contributed by atoms with Crippen LogP contribution in [0.25, 0.3) is 42.8 Å². The first-order chi connectivity index (χ1) is 14.2. The fourth-order valence-electron chi connectivity index (χ4n) is 3.52. The van der Waals surface area contributed by atoms with E-state index in [1.165, 1.54) is 11.3 Å². The molecule has 0 atom stereocenters. The number of pyridine rings is 1. The molecule has 0 radical (unpaired) electrons. The van der Waals surface area contributed by atoms with Crippen molar-refractivity contribution in [2.24, 2.45) is 0 Å². The first-order valence-electron chi connectivity index (χ1n) is 8.94. The summed E-state index contributed by atoms with van der Waals surface area (Å²) in [5.41, 5.74) is 2.99. The molecular weight excluding hydrogens is 386 g/mol. The van der Waals surface area contributed by atoms with Crippen LogP contribution in [-0.2, 0) is 0 Å². The molecule has 0 aliphatic heterocycles. The van der Waals surface area contributed by atoms with Gasteiger partial charge in [0.05, 0.1) is 18.3 Å². The highest BCUT2D eigenvalue weighted by Gasteiger charge is 2.19. The molecule has 29 heavy (non-hydrogen) atoms. The summed E-state index contributed by atoms with van der Waals surface area (Å²) in [6.45, 7) is 0. The van der Waals surface area contributed by atoms with Crippen LogP contribution in [0, 0.1) is 0 Å². The molecule has 5 rings (SSSR count). The maximum atomic E-state index is 12.4. The number of nitrogens with one attached hydrogen (secondary N) is 2. The third-order valence-electron chi connectivity index (χ3n) is 4.80. The van der Waals surface area contributed by atoms with E-state index in [-0.39, 0.29) is 0 Å². The summed E-state index contributed by atoms with van der Waals surface area (Å²) in [7, 11) is 1.62. The third-order valence-corrected chi connectivity index (χ3v) is 5.88. The van der Waals surface area contributed by atoms with Crippen molar-refractivity contribution in [1.29, 1.82) is 0 Å². The number of fused-ring (bicyclic) bond motifs is 3. The summed E-state index contributed by atoms with van der Waals surface area (Å²) >= 11 is 1.26. The summed E-state index contributed by atoms with van der Waals surface area (Å²) in [6.07, 6.45) is 0. The van der Waals surface area contributed by atoms with Crippen molar-refractivity contribution in [3.05, 3.63) is 81.5 Å². The Morgan fingerprint density at radius 3 is 2.48 bits per heavy atom.